The molecule has 3 heteroatoms. The van der Waals surface area contributed by atoms with Crippen LogP contribution in [0.15, 0.2) is 30.8 Å². The first-order valence-corrected chi connectivity index (χ1v) is 13.9. The molecule has 0 aliphatic heterocycles. The highest BCUT2D eigenvalue weighted by atomic mass is 16.4. The molecular formula is C35H52O3. The topological polar surface area (TPSA) is 57.5 Å². The minimum atomic E-state index is -1.01. The van der Waals surface area contributed by atoms with Gasteiger partial charge in [0.05, 0.1) is 5.57 Å². The van der Waals surface area contributed by atoms with E-state index >= 15 is 0 Å². The number of phenols is 1. The Labute approximate surface area is 232 Å². The molecule has 0 radical (unpaired) electrons. The maximum absolute atomic E-state index is 12.3. The molecule has 2 N–H and O–H groups in total. The first-order valence-electron chi connectivity index (χ1n) is 13.9. The summed E-state index contributed by atoms with van der Waals surface area (Å²) in [6, 6.07) is 8.58. The number of phenolic OH excluding ortho intramolecular Hbond substituents is 1. The molecule has 0 saturated heterocycles. The Balaban J connectivity index is 3.02. The summed E-state index contributed by atoms with van der Waals surface area (Å²) in [7, 11) is 0. The molecule has 2 rings (SSSR count). The van der Waals surface area contributed by atoms with Gasteiger partial charge >= 0.3 is 5.97 Å². The van der Waals surface area contributed by atoms with E-state index in [1.54, 1.807) is 0 Å². The summed E-state index contributed by atoms with van der Waals surface area (Å²) in [5.41, 5.74) is 6.48. The summed E-state index contributed by atoms with van der Waals surface area (Å²) in [5, 5.41) is 21.8. The molecule has 0 spiro atoms. The monoisotopic (exact) mass is 520 g/mol. The Hall–Kier alpha value is -2.55. The van der Waals surface area contributed by atoms with Crippen molar-refractivity contribution in [2.75, 3.05) is 0 Å². The minimum Gasteiger partial charge on any atom is -0.507 e. The van der Waals surface area contributed by atoms with Crippen molar-refractivity contribution in [2.45, 2.75) is 120 Å². The lowest BCUT2D eigenvalue weighted by Gasteiger charge is -2.31. The number of aromatic hydroxyl groups is 1. The van der Waals surface area contributed by atoms with Crippen LogP contribution < -0.4 is 0 Å². The lowest BCUT2D eigenvalue weighted by atomic mass is 9.74. The van der Waals surface area contributed by atoms with Gasteiger partial charge in [0.2, 0.25) is 0 Å². The molecule has 0 fully saturated rings. The Morgan fingerprint density at radius 1 is 0.789 bits per heavy atom. The summed E-state index contributed by atoms with van der Waals surface area (Å²) in [6.45, 7) is 32.2. The van der Waals surface area contributed by atoms with Crippen molar-refractivity contribution in [1.29, 1.82) is 0 Å². The minimum absolute atomic E-state index is 0.0396. The van der Waals surface area contributed by atoms with E-state index in [4.69, 9.17) is 0 Å². The highest BCUT2D eigenvalue weighted by Crippen LogP contribution is 2.44. The Morgan fingerprint density at radius 2 is 1.32 bits per heavy atom. The van der Waals surface area contributed by atoms with Crippen molar-refractivity contribution in [3.8, 4) is 5.75 Å². The molecule has 2 aromatic rings. The van der Waals surface area contributed by atoms with Gasteiger partial charge in [-0.05, 0) is 67.9 Å². The highest BCUT2D eigenvalue weighted by molar-refractivity contribution is 6.15. The van der Waals surface area contributed by atoms with Crippen LogP contribution in [0.25, 0.3) is 5.57 Å². The number of rotatable bonds is 6. The van der Waals surface area contributed by atoms with Gasteiger partial charge in [-0.3, -0.25) is 0 Å². The molecule has 2 aromatic carbocycles. The molecule has 0 aliphatic rings. The third-order valence-electron chi connectivity index (χ3n) is 7.07. The molecule has 0 saturated carbocycles. The number of carboxylic acids is 1. The Morgan fingerprint density at radius 3 is 1.74 bits per heavy atom. The van der Waals surface area contributed by atoms with Crippen LogP contribution in [0.2, 0.25) is 0 Å². The zero-order valence-corrected chi connectivity index (χ0v) is 26.3. The average Bonchev–Trinajstić information content (AvgIpc) is 2.68. The fraction of sp³-hybridized carbons (Fsp3) is 0.571. The third-order valence-corrected chi connectivity index (χ3v) is 7.07. The van der Waals surface area contributed by atoms with Crippen molar-refractivity contribution in [1.82, 2.24) is 0 Å². The quantitative estimate of drug-likeness (QED) is 0.373. The highest BCUT2D eigenvalue weighted by Gasteiger charge is 2.30. The summed E-state index contributed by atoms with van der Waals surface area (Å²) in [4.78, 5) is 12.3. The first-order chi connectivity index (χ1) is 16.9. The van der Waals surface area contributed by atoms with E-state index in [-0.39, 0.29) is 33.2 Å². The van der Waals surface area contributed by atoms with Gasteiger partial charge in [0.25, 0.3) is 0 Å². The van der Waals surface area contributed by atoms with E-state index in [0.29, 0.717) is 11.3 Å². The second-order valence-corrected chi connectivity index (χ2v) is 15.7. The first kappa shape index (κ1) is 31.7. The van der Waals surface area contributed by atoms with Gasteiger partial charge < -0.3 is 10.2 Å². The smallest absolute Gasteiger partial charge is 0.335 e. The number of aliphatic carboxylic acids is 1. The summed E-state index contributed by atoms with van der Waals surface area (Å²) >= 11 is 0. The van der Waals surface area contributed by atoms with Crippen LogP contribution in [0.5, 0.6) is 5.75 Å². The van der Waals surface area contributed by atoms with Gasteiger partial charge in [0, 0.05) is 11.5 Å². The largest absolute Gasteiger partial charge is 0.507 e. The lowest BCUT2D eigenvalue weighted by Crippen LogP contribution is -2.19. The van der Waals surface area contributed by atoms with Gasteiger partial charge in [0.15, 0.2) is 0 Å². The Bertz CT molecular complexity index is 1200. The fourth-order valence-corrected chi connectivity index (χ4v) is 5.20. The maximum atomic E-state index is 12.3. The SMILES string of the molecule is C=C(C(=O)O)c1c(CC(C)(C)C)cc(CC(C)(C)C)cc1C(C)c1cc(C(C)(C)C)cc(C(C)(C)C)c1O. The van der Waals surface area contributed by atoms with Crippen molar-refractivity contribution in [3.05, 3.63) is 69.8 Å². The summed E-state index contributed by atoms with van der Waals surface area (Å²) in [6.07, 6.45) is 1.60. The van der Waals surface area contributed by atoms with Crippen LogP contribution in [0, 0.1) is 10.8 Å². The van der Waals surface area contributed by atoms with Crippen LogP contribution >= 0.6 is 0 Å². The molecular weight excluding hydrogens is 468 g/mol. The molecule has 210 valence electrons. The van der Waals surface area contributed by atoms with Gasteiger partial charge in [-0.15, -0.1) is 0 Å². The lowest BCUT2D eigenvalue weighted by molar-refractivity contribution is -0.130. The van der Waals surface area contributed by atoms with Crippen molar-refractivity contribution < 1.29 is 15.0 Å². The van der Waals surface area contributed by atoms with Gasteiger partial charge in [-0.1, -0.05) is 121 Å². The van der Waals surface area contributed by atoms with Crippen LogP contribution in [0.1, 0.15) is 135 Å². The predicted octanol–water partition coefficient (Wildman–Crippen LogP) is 9.41. The van der Waals surface area contributed by atoms with E-state index in [1.807, 2.05) is 0 Å². The molecule has 0 aromatic heterocycles. The number of hydrogen-bond donors (Lipinski definition) is 2. The summed E-state index contributed by atoms with van der Waals surface area (Å²) in [5.74, 6) is -0.952. The third kappa shape index (κ3) is 7.74. The van der Waals surface area contributed by atoms with E-state index in [1.165, 1.54) is 5.56 Å². The van der Waals surface area contributed by atoms with E-state index in [2.05, 4.69) is 121 Å². The molecule has 1 atom stereocenters. The predicted molar refractivity (Wildman–Crippen MR) is 162 cm³/mol. The number of hydrogen-bond acceptors (Lipinski definition) is 2. The van der Waals surface area contributed by atoms with Crippen molar-refractivity contribution in [2.24, 2.45) is 10.8 Å². The van der Waals surface area contributed by atoms with E-state index in [0.717, 1.165) is 40.7 Å². The van der Waals surface area contributed by atoms with Gasteiger partial charge in [0.1, 0.15) is 5.75 Å². The van der Waals surface area contributed by atoms with E-state index < -0.39 is 5.97 Å². The zero-order chi connectivity index (χ0) is 29.6. The van der Waals surface area contributed by atoms with Crippen molar-refractivity contribution >= 4 is 11.5 Å². The van der Waals surface area contributed by atoms with Crippen LogP contribution in [-0.4, -0.2) is 16.2 Å². The number of carboxylic acid groups (broad SMARTS) is 1. The molecule has 0 heterocycles. The zero-order valence-electron chi connectivity index (χ0n) is 26.3. The fourth-order valence-electron chi connectivity index (χ4n) is 5.20. The van der Waals surface area contributed by atoms with E-state index in [9.17, 15) is 15.0 Å². The molecule has 0 bridgehead atoms. The van der Waals surface area contributed by atoms with Gasteiger partial charge in [-0.2, -0.15) is 0 Å². The van der Waals surface area contributed by atoms with Crippen molar-refractivity contribution in [3.63, 3.8) is 0 Å². The summed E-state index contributed by atoms with van der Waals surface area (Å²) < 4.78 is 0. The molecule has 3 nitrogen and oxygen atoms in total. The molecule has 0 amide bonds. The number of benzene rings is 2. The second-order valence-electron chi connectivity index (χ2n) is 15.7. The molecule has 0 aliphatic carbocycles. The molecule has 38 heavy (non-hydrogen) atoms. The normalized spacial score (nSPS) is 13.9. The van der Waals surface area contributed by atoms with Crippen LogP contribution in [0.3, 0.4) is 0 Å². The van der Waals surface area contributed by atoms with Crippen LogP contribution in [-0.2, 0) is 28.5 Å². The van der Waals surface area contributed by atoms with Gasteiger partial charge in [-0.25, -0.2) is 4.79 Å². The average molecular weight is 521 g/mol. The van der Waals surface area contributed by atoms with Crippen LogP contribution in [0.4, 0.5) is 0 Å². The number of carbonyl (C=O) groups is 1. The standard InChI is InChI=1S/C35H52O3/c1-21(27-17-25(34(9,10)11)18-28(30(27)36)35(12,13)14)26-16-23(19-32(3,4)5)15-24(20-33(6,7)8)29(26)22(2)31(37)38/h15-18,21,36H,2,19-20H2,1,3-14H3,(H,37,38). The Kier molecular flexibility index (Phi) is 8.79. The maximum Gasteiger partial charge on any atom is 0.335 e. The molecule has 1 unspecified atom stereocenters. The second kappa shape index (κ2) is 10.5.